The molecule has 2 rings (SSSR count). The molecule has 0 atom stereocenters. The summed E-state index contributed by atoms with van der Waals surface area (Å²) in [7, 11) is 0. The Morgan fingerprint density at radius 1 is 1.23 bits per heavy atom. The van der Waals surface area contributed by atoms with Crippen molar-refractivity contribution in [3.63, 3.8) is 0 Å². The quantitative estimate of drug-likeness (QED) is 0.723. The van der Waals surface area contributed by atoms with Crippen molar-refractivity contribution in [3.05, 3.63) is 56.5 Å². The monoisotopic (exact) mass is 425 g/mol. The second kappa shape index (κ2) is 7.56. The standard InChI is InChI=1S/C16H13Br2NO3/c1-10-5-13(17)16(14(18)6-10)19-15(21)9-22-12-4-2-3-11(7-12)8-20/h2-8H,9H2,1H3,(H,19,21). The number of nitrogens with one attached hydrogen (secondary N) is 1. The highest BCUT2D eigenvalue weighted by Crippen LogP contribution is 2.32. The predicted octanol–water partition coefficient (Wildman–Crippen LogP) is 4.35. The molecule has 0 unspecified atom stereocenters. The molecule has 0 radical (unpaired) electrons. The molecule has 114 valence electrons. The normalized spacial score (nSPS) is 10.1. The lowest BCUT2D eigenvalue weighted by molar-refractivity contribution is -0.118. The summed E-state index contributed by atoms with van der Waals surface area (Å²) in [5.41, 5.74) is 2.22. The molecule has 2 aromatic carbocycles. The lowest BCUT2D eigenvalue weighted by Crippen LogP contribution is -2.20. The minimum atomic E-state index is -0.290. The number of benzene rings is 2. The fraction of sp³-hybridized carbons (Fsp3) is 0.125. The molecule has 0 heterocycles. The zero-order chi connectivity index (χ0) is 16.1. The van der Waals surface area contributed by atoms with E-state index < -0.39 is 0 Å². The number of carbonyl (C=O) groups excluding carboxylic acids is 2. The molecule has 22 heavy (non-hydrogen) atoms. The van der Waals surface area contributed by atoms with E-state index in [2.05, 4.69) is 37.2 Å². The molecule has 6 heteroatoms. The molecule has 0 fully saturated rings. The third-order valence-electron chi connectivity index (χ3n) is 2.81. The Balaban J connectivity index is 2.00. The summed E-state index contributed by atoms with van der Waals surface area (Å²) < 4.78 is 6.96. The Kier molecular flexibility index (Phi) is 5.74. The average Bonchev–Trinajstić information content (AvgIpc) is 2.49. The summed E-state index contributed by atoms with van der Waals surface area (Å²) in [5, 5.41) is 2.78. The molecule has 0 spiro atoms. The van der Waals surface area contributed by atoms with E-state index >= 15 is 0 Å². The van der Waals surface area contributed by atoms with Crippen LogP contribution in [-0.4, -0.2) is 18.8 Å². The third kappa shape index (κ3) is 4.42. The van der Waals surface area contributed by atoms with E-state index in [1.807, 2.05) is 19.1 Å². The fourth-order valence-corrected chi connectivity index (χ4v) is 3.43. The van der Waals surface area contributed by atoms with Crippen LogP contribution in [-0.2, 0) is 4.79 Å². The Bertz CT molecular complexity index is 693. The summed E-state index contributed by atoms with van der Waals surface area (Å²) in [6.45, 7) is 1.82. The van der Waals surface area contributed by atoms with Gasteiger partial charge in [0, 0.05) is 14.5 Å². The van der Waals surface area contributed by atoms with Crippen LogP contribution in [0.1, 0.15) is 15.9 Å². The van der Waals surface area contributed by atoms with Crippen LogP contribution >= 0.6 is 31.9 Å². The van der Waals surface area contributed by atoms with Gasteiger partial charge in [0.2, 0.25) is 0 Å². The number of hydrogen-bond acceptors (Lipinski definition) is 3. The smallest absolute Gasteiger partial charge is 0.262 e. The van der Waals surface area contributed by atoms with E-state index in [4.69, 9.17) is 4.74 Å². The number of halogens is 2. The second-order valence-electron chi connectivity index (χ2n) is 4.63. The third-order valence-corrected chi connectivity index (χ3v) is 4.07. The highest BCUT2D eigenvalue weighted by atomic mass is 79.9. The Hall–Kier alpha value is -1.66. The van der Waals surface area contributed by atoms with E-state index in [0.29, 0.717) is 17.0 Å². The zero-order valence-electron chi connectivity index (χ0n) is 11.7. The summed E-state index contributed by atoms with van der Waals surface area (Å²) >= 11 is 6.83. The van der Waals surface area contributed by atoms with Crippen LogP contribution in [0.2, 0.25) is 0 Å². The first kappa shape index (κ1) is 16.7. The maximum atomic E-state index is 12.0. The molecule has 2 aromatic rings. The van der Waals surface area contributed by atoms with Gasteiger partial charge in [0.15, 0.2) is 6.61 Å². The highest BCUT2D eigenvalue weighted by Gasteiger charge is 2.11. The molecule has 0 aliphatic heterocycles. The van der Waals surface area contributed by atoms with Crippen LogP contribution in [0.5, 0.6) is 5.75 Å². The lowest BCUT2D eigenvalue weighted by atomic mass is 10.2. The lowest BCUT2D eigenvalue weighted by Gasteiger charge is -2.11. The number of anilines is 1. The minimum absolute atomic E-state index is 0.144. The first-order chi connectivity index (χ1) is 10.5. The molecule has 1 amide bonds. The van der Waals surface area contributed by atoms with Gasteiger partial charge in [0.05, 0.1) is 5.69 Å². The molecule has 0 bridgehead atoms. The van der Waals surface area contributed by atoms with Gasteiger partial charge < -0.3 is 10.1 Å². The number of carbonyl (C=O) groups is 2. The molecule has 0 aromatic heterocycles. The van der Waals surface area contributed by atoms with Crippen molar-refractivity contribution in [2.45, 2.75) is 6.92 Å². The van der Waals surface area contributed by atoms with Gasteiger partial charge in [-0.15, -0.1) is 0 Å². The van der Waals surface area contributed by atoms with Gasteiger partial charge in [-0.25, -0.2) is 0 Å². The van der Waals surface area contributed by atoms with E-state index in [1.54, 1.807) is 24.3 Å². The largest absolute Gasteiger partial charge is 0.484 e. The zero-order valence-corrected chi connectivity index (χ0v) is 14.9. The van der Waals surface area contributed by atoms with Crippen molar-refractivity contribution < 1.29 is 14.3 Å². The molecule has 4 nitrogen and oxygen atoms in total. The fourth-order valence-electron chi connectivity index (χ4n) is 1.82. The SMILES string of the molecule is Cc1cc(Br)c(NC(=O)COc2cccc(C=O)c2)c(Br)c1. The molecule has 0 aliphatic rings. The molecular formula is C16H13Br2NO3. The Morgan fingerprint density at radius 2 is 1.91 bits per heavy atom. The van der Waals surface area contributed by atoms with Gasteiger partial charge in [-0.2, -0.15) is 0 Å². The maximum Gasteiger partial charge on any atom is 0.262 e. The van der Waals surface area contributed by atoms with Crippen LogP contribution in [0, 0.1) is 6.92 Å². The van der Waals surface area contributed by atoms with Gasteiger partial charge >= 0.3 is 0 Å². The number of aldehydes is 1. The van der Waals surface area contributed by atoms with Crippen molar-refractivity contribution in [3.8, 4) is 5.75 Å². The van der Waals surface area contributed by atoms with Crippen molar-refractivity contribution in [1.82, 2.24) is 0 Å². The molecule has 0 saturated heterocycles. The summed E-state index contributed by atoms with van der Waals surface area (Å²) in [4.78, 5) is 22.7. The molecular weight excluding hydrogens is 414 g/mol. The summed E-state index contributed by atoms with van der Waals surface area (Å²) in [6.07, 6.45) is 0.730. The number of ether oxygens (including phenoxy) is 1. The predicted molar refractivity (Wildman–Crippen MR) is 92.5 cm³/mol. The number of amides is 1. The highest BCUT2D eigenvalue weighted by molar-refractivity contribution is 9.11. The second-order valence-corrected chi connectivity index (χ2v) is 6.34. The van der Waals surface area contributed by atoms with E-state index in [9.17, 15) is 9.59 Å². The van der Waals surface area contributed by atoms with Crippen LogP contribution in [0.25, 0.3) is 0 Å². The number of hydrogen-bond donors (Lipinski definition) is 1. The average molecular weight is 427 g/mol. The minimum Gasteiger partial charge on any atom is -0.484 e. The van der Waals surface area contributed by atoms with Crippen LogP contribution in [0.4, 0.5) is 5.69 Å². The number of aryl methyl sites for hydroxylation is 1. The Labute approximate surface area is 145 Å². The van der Waals surface area contributed by atoms with Crippen molar-refractivity contribution in [2.75, 3.05) is 11.9 Å². The van der Waals surface area contributed by atoms with Crippen molar-refractivity contribution >= 4 is 49.7 Å². The van der Waals surface area contributed by atoms with E-state index in [0.717, 1.165) is 20.8 Å². The van der Waals surface area contributed by atoms with Crippen molar-refractivity contribution in [2.24, 2.45) is 0 Å². The van der Waals surface area contributed by atoms with Crippen LogP contribution < -0.4 is 10.1 Å². The summed E-state index contributed by atoms with van der Waals surface area (Å²) in [5.74, 6) is 0.184. The van der Waals surface area contributed by atoms with Crippen molar-refractivity contribution in [1.29, 1.82) is 0 Å². The Morgan fingerprint density at radius 3 is 2.55 bits per heavy atom. The number of rotatable bonds is 5. The molecule has 0 saturated carbocycles. The van der Waals surface area contributed by atoms with E-state index in [-0.39, 0.29) is 12.5 Å². The van der Waals surface area contributed by atoms with Gasteiger partial charge in [0.25, 0.3) is 5.91 Å². The van der Waals surface area contributed by atoms with Gasteiger partial charge in [-0.05, 0) is 68.6 Å². The van der Waals surface area contributed by atoms with Gasteiger partial charge in [-0.1, -0.05) is 12.1 Å². The summed E-state index contributed by atoms with van der Waals surface area (Å²) in [6, 6.07) is 10.5. The van der Waals surface area contributed by atoms with E-state index in [1.165, 1.54) is 0 Å². The molecule has 0 aliphatic carbocycles. The van der Waals surface area contributed by atoms with Crippen LogP contribution in [0.15, 0.2) is 45.3 Å². The van der Waals surface area contributed by atoms with Crippen LogP contribution in [0.3, 0.4) is 0 Å². The molecule has 1 N–H and O–H groups in total. The van der Waals surface area contributed by atoms with Gasteiger partial charge in [-0.3, -0.25) is 9.59 Å². The maximum absolute atomic E-state index is 12.0. The first-order valence-electron chi connectivity index (χ1n) is 6.43. The van der Waals surface area contributed by atoms with Gasteiger partial charge in [0.1, 0.15) is 12.0 Å². The first-order valence-corrected chi connectivity index (χ1v) is 8.01. The topological polar surface area (TPSA) is 55.4 Å².